The van der Waals surface area contributed by atoms with Crippen LogP contribution in [0.3, 0.4) is 0 Å². The molecule has 0 spiro atoms. The molecule has 49 heavy (non-hydrogen) atoms. The Kier molecular flexibility index (Phi) is 6.21. The van der Waals surface area contributed by atoms with Crippen molar-refractivity contribution in [3.05, 3.63) is 84.9 Å². The molecule has 9 N–H and O–H groups in total. The minimum Gasteiger partial charge on any atom is -0.505 e. The Hall–Kier alpha value is -6.88. The fraction of sp³-hybridized carbons (Fsp3) is 0. The summed E-state index contributed by atoms with van der Waals surface area (Å²) in [6.45, 7) is 0. The van der Waals surface area contributed by atoms with Crippen LogP contribution in [0.25, 0.3) is 76.9 Å². The summed E-state index contributed by atoms with van der Waals surface area (Å²) in [4.78, 5) is 0. The molecular formula is C38H23BO10. The van der Waals surface area contributed by atoms with Crippen LogP contribution in [-0.2, 0) is 0 Å². The molecule has 7 aromatic carbocycles. The summed E-state index contributed by atoms with van der Waals surface area (Å²) in [5.41, 5.74) is 1.66. The molecule has 0 amide bonds. The molecule has 0 atom stereocenters. The second kappa shape index (κ2) is 10.3. The summed E-state index contributed by atoms with van der Waals surface area (Å²) in [5.74, 6) is -8.37. The van der Waals surface area contributed by atoms with Gasteiger partial charge in [-0.05, 0) is 61.9 Å². The van der Waals surface area contributed by atoms with Gasteiger partial charge in [0.1, 0.15) is 19.0 Å². The van der Waals surface area contributed by atoms with Gasteiger partial charge in [-0.3, -0.25) is 0 Å². The van der Waals surface area contributed by atoms with Gasteiger partial charge in [0, 0.05) is 21.9 Å². The van der Waals surface area contributed by atoms with E-state index in [0.717, 1.165) is 5.39 Å². The Balaban J connectivity index is 1.59. The largest absolute Gasteiger partial charge is 0.505 e. The summed E-state index contributed by atoms with van der Waals surface area (Å²) in [6, 6.07) is 24.8. The number of aromatic hydroxyl groups is 9. The standard InChI is InChI=1S/C38H23BO10/c39-29-28(32(42)36(46)37(47)33(29)43)27-18-9-3-1-7-16(18)25(17-8-2-4-10-19(17)27)21-13-15(24-30(40)34(44)38(48)35(45)31(24)41)14-23-26(21)20-11-5-6-12-22(20)49-23/h1-14,40-48H. The van der Waals surface area contributed by atoms with Crippen molar-refractivity contribution in [1.29, 1.82) is 0 Å². The fourth-order valence-corrected chi connectivity index (χ4v) is 6.81. The highest BCUT2D eigenvalue weighted by molar-refractivity contribution is 6.41. The number of benzene rings is 7. The third-order valence-corrected chi connectivity index (χ3v) is 9.02. The maximum atomic E-state index is 11.1. The summed E-state index contributed by atoms with van der Waals surface area (Å²) in [7, 11) is 6.29. The molecule has 11 heteroatoms. The highest BCUT2D eigenvalue weighted by atomic mass is 16.4. The number of furan rings is 1. The first kappa shape index (κ1) is 29.5. The number of rotatable bonds is 3. The van der Waals surface area contributed by atoms with Crippen molar-refractivity contribution in [3.8, 4) is 85.1 Å². The second-order valence-electron chi connectivity index (χ2n) is 11.6. The average molecular weight is 650 g/mol. The third-order valence-electron chi connectivity index (χ3n) is 9.02. The van der Waals surface area contributed by atoms with E-state index in [1.165, 1.54) is 6.07 Å². The van der Waals surface area contributed by atoms with Crippen LogP contribution in [0.15, 0.2) is 89.3 Å². The van der Waals surface area contributed by atoms with Crippen molar-refractivity contribution in [2.45, 2.75) is 0 Å². The van der Waals surface area contributed by atoms with Gasteiger partial charge in [0.05, 0.1) is 5.56 Å². The molecule has 1 heterocycles. The van der Waals surface area contributed by atoms with Gasteiger partial charge in [-0.1, -0.05) is 66.7 Å². The Morgan fingerprint density at radius 2 is 0.816 bits per heavy atom. The van der Waals surface area contributed by atoms with Crippen molar-refractivity contribution < 1.29 is 50.4 Å². The minimum absolute atomic E-state index is 0.107. The maximum Gasteiger partial charge on any atom is 0.208 e. The summed E-state index contributed by atoms with van der Waals surface area (Å²) >= 11 is 0. The molecule has 0 saturated carbocycles. The normalized spacial score (nSPS) is 11.7. The van der Waals surface area contributed by atoms with E-state index in [1.54, 1.807) is 54.6 Å². The predicted molar refractivity (Wildman–Crippen MR) is 185 cm³/mol. The zero-order valence-corrected chi connectivity index (χ0v) is 25.1. The Bertz CT molecular complexity index is 2620. The minimum atomic E-state index is -1.09. The molecule has 1 aromatic heterocycles. The van der Waals surface area contributed by atoms with E-state index < -0.39 is 51.7 Å². The van der Waals surface area contributed by atoms with Crippen LogP contribution >= 0.6 is 0 Å². The molecule has 0 saturated heterocycles. The highest BCUT2D eigenvalue weighted by Gasteiger charge is 2.29. The zero-order chi connectivity index (χ0) is 34.5. The number of phenols is 9. The lowest BCUT2D eigenvalue weighted by atomic mass is 9.79. The first-order valence-corrected chi connectivity index (χ1v) is 14.8. The summed E-state index contributed by atoms with van der Waals surface area (Å²) in [6.07, 6.45) is 0. The van der Waals surface area contributed by atoms with E-state index in [2.05, 4.69) is 0 Å². The molecule has 8 aromatic rings. The Labute approximate surface area is 276 Å². The molecule has 2 radical (unpaired) electrons. The highest BCUT2D eigenvalue weighted by Crippen LogP contribution is 2.57. The lowest BCUT2D eigenvalue weighted by molar-refractivity contribution is 0.330. The van der Waals surface area contributed by atoms with Crippen molar-refractivity contribution >= 4 is 56.8 Å². The van der Waals surface area contributed by atoms with Crippen LogP contribution in [0.2, 0.25) is 0 Å². The van der Waals surface area contributed by atoms with Crippen molar-refractivity contribution in [2.75, 3.05) is 0 Å². The zero-order valence-electron chi connectivity index (χ0n) is 25.1. The van der Waals surface area contributed by atoms with E-state index in [4.69, 9.17) is 12.3 Å². The van der Waals surface area contributed by atoms with Crippen LogP contribution < -0.4 is 5.46 Å². The topological polar surface area (TPSA) is 195 Å². The molecule has 0 bridgehead atoms. The van der Waals surface area contributed by atoms with E-state index in [0.29, 0.717) is 54.8 Å². The van der Waals surface area contributed by atoms with Gasteiger partial charge in [-0.2, -0.15) is 0 Å². The van der Waals surface area contributed by atoms with Crippen molar-refractivity contribution in [1.82, 2.24) is 0 Å². The van der Waals surface area contributed by atoms with E-state index >= 15 is 0 Å². The molecular weight excluding hydrogens is 627 g/mol. The number of para-hydroxylation sites is 1. The second-order valence-corrected chi connectivity index (χ2v) is 11.6. The van der Waals surface area contributed by atoms with Crippen LogP contribution in [0, 0.1) is 0 Å². The summed E-state index contributed by atoms with van der Waals surface area (Å²) in [5, 5.41) is 98.9. The smallest absolute Gasteiger partial charge is 0.208 e. The molecule has 0 aliphatic carbocycles. The average Bonchev–Trinajstić information content (AvgIpc) is 3.50. The molecule has 0 unspecified atom stereocenters. The van der Waals surface area contributed by atoms with Crippen LogP contribution in [0.1, 0.15) is 0 Å². The van der Waals surface area contributed by atoms with Gasteiger partial charge in [0.25, 0.3) is 0 Å². The SMILES string of the molecule is [B]c1c(O)c(O)c(O)c(O)c1-c1c2ccccc2c(-c2cc(-c3c(O)c(O)c(O)c(O)c3O)cc3oc4ccccc4c23)c2ccccc12. The van der Waals surface area contributed by atoms with Crippen LogP contribution in [0.4, 0.5) is 0 Å². The van der Waals surface area contributed by atoms with Gasteiger partial charge >= 0.3 is 0 Å². The van der Waals surface area contributed by atoms with Gasteiger partial charge in [0.2, 0.25) is 28.7 Å². The lowest BCUT2D eigenvalue weighted by Gasteiger charge is -2.21. The number of hydrogen-bond donors (Lipinski definition) is 9. The van der Waals surface area contributed by atoms with E-state index in [9.17, 15) is 46.0 Å². The molecule has 238 valence electrons. The molecule has 8 rings (SSSR count). The van der Waals surface area contributed by atoms with Gasteiger partial charge in [-0.25, -0.2) is 0 Å². The molecule has 10 nitrogen and oxygen atoms in total. The van der Waals surface area contributed by atoms with Crippen molar-refractivity contribution in [2.24, 2.45) is 0 Å². The molecule has 0 aliphatic heterocycles. The van der Waals surface area contributed by atoms with Crippen LogP contribution in [0.5, 0.6) is 51.7 Å². The quantitative estimate of drug-likeness (QED) is 0.0414. The monoisotopic (exact) mass is 650 g/mol. The van der Waals surface area contributed by atoms with Gasteiger partial charge < -0.3 is 50.4 Å². The molecule has 0 fully saturated rings. The van der Waals surface area contributed by atoms with E-state index in [-0.39, 0.29) is 22.2 Å². The number of phenolic OH excluding ortho intramolecular Hbond substituents is 9. The lowest BCUT2D eigenvalue weighted by Crippen LogP contribution is -2.09. The molecule has 0 aliphatic rings. The van der Waals surface area contributed by atoms with Gasteiger partial charge in [-0.15, -0.1) is 0 Å². The third kappa shape index (κ3) is 3.96. The Morgan fingerprint density at radius 3 is 1.37 bits per heavy atom. The first-order valence-electron chi connectivity index (χ1n) is 14.8. The van der Waals surface area contributed by atoms with Crippen molar-refractivity contribution in [3.63, 3.8) is 0 Å². The Morgan fingerprint density at radius 1 is 0.388 bits per heavy atom. The van der Waals surface area contributed by atoms with E-state index in [1.807, 2.05) is 24.3 Å². The fourth-order valence-electron chi connectivity index (χ4n) is 6.81. The van der Waals surface area contributed by atoms with Gasteiger partial charge in [0.15, 0.2) is 23.0 Å². The predicted octanol–water partition coefficient (Wildman–Crippen LogP) is 7.04. The number of hydrogen-bond acceptors (Lipinski definition) is 10. The summed E-state index contributed by atoms with van der Waals surface area (Å²) < 4.78 is 6.26. The maximum absolute atomic E-state index is 11.1. The number of fused-ring (bicyclic) bond motifs is 5. The van der Waals surface area contributed by atoms with Crippen LogP contribution in [-0.4, -0.2) is 53.8 Å². The first-order chi connectivity index (χ1) is 23.5.